The first-order valence-corrected chi connectivity index (χ1v) is 10.2. The van der Waals surface area contributed by atoms with Crippen LogP contribution in [-0.2, 0) is 4.79 Å². The summed E-state index contributed by atoms with van der Waals surface area (Å²) in [6.07, 6.45) is 4.02. The second kappa shape index (κ2) is 8.39. The van der Waals surface area contributed by atoms with Gasteiger partial charge in [0.1, 0.15) is 5.82 Å². The number of halogens is 1. The van der Waals surface area contributed by atoms with E-state index in [4.69, 9.17) is 4.42 Å². The highest BCUT2D eigenvalue weighted by Crippen LogP contribution is 2.29. The SMILES string of the molecule is CC1CCN(C(=O)CN2CCC(c3nnc(-c4ccc(F)cc4)o3)CC2)CC1. The van der Waals surface area contributed by atoms with Gasteiger partial charge < -0.3 is 9.32 Å². The molecular formula is C21H27FN4O2. The predicted octanol–water partition coefficient (Wildman–Crippen LogP) is 3.31. The zero-order valence-corrected chi connectivity index (χ0v) is 16.3. The number of carbonyl (C=O) groups is 1. The van der Waals surface area contributed by atoms with E-state index in [1.807, 2.05) is 4.90 Å². The number of benzene rings is 1. The van der Waals surface area contributed by atoms with Crippen molar-refractivity contribution in [1.29, 1.82) is 0 Å². The minimum atomic E-state index is -0.288. The third kappa shape index (κ3) is 4.41. The largest absolute Gasteiger partial charge is 0.420 e. The van der Waals surface area contributed by atoms with Crippen LogP contribution in [0.5, 0.6) is 0 Å². The first-order valence-electron chi connectivity index (χ1n) is 10.2. The molecule has 0 atom stereocenters. The summed E-state index contributed by atoms with van der Waals surface area (Å²) in [6.45, 7) is 6.26. The Hall–Kier alpha value is -2.28. The Morgan fingerprint density at radius 2 is 1.75 bits per heavy atom. The van der Waals surface area contributed by atoms with Crippen molar-refractivity contribution in [2.45, 2.75) is 38.5 Å². The summed E-state index contributed by atoms with van der Waals surface area (Å²) in [5.41, 5.74) is 0.721. The van der Waals surface area contributed by atoms with E-state index in [1.165, 1.54) is 12.1 Å². The Morgan fingerprint density at radius 3 is 2.43 bits per heavy atom. The first-order chi connectivity index (χ1) is 13.6. The molecule has 0 bridgehead atoms. The van der Waals surface area contributed by atoms with Gasteiger partial charge in [0.05, 0.1) is 6.54 Å². The second-order valence-corrected chi connectivity index (χ2v) is 8.07. The molecule has 28 heavy (non-hydrogen) atoms. The predicted molar refractivity (Wildman–Crippen MR) is 103 cm³/mol. The Kier molecular flexibility index (Phi) is 5.71. The fourth-order valence-electron chi connectivity index (χ4n) is 4.00. The molecule has 4 rings (SSSR count). The van der Waals surface area contributed by atoms with Crippen LogP contribution >= 0.6 is 0 Å². The van der Waals surface area contributed by atoms with E-state index in [0.717, 1.165) is 63.3 Å². The maximum Gasteiger partial charge on any atom is 0.247 e. The van der Waals surface area contributed by atoms with E-state index in [-0.39, 0.29) is 17.6 Å². The zero-order valence-electron chi connectivity index (χ0n) is 16.3. The van der Waals surface area contributed by atoms with Crippen LogP contribution in [-0.4, -0.2) is 58.6 Å². The summed E-state index contributed by atoms with van der Waals surface area (Å²) >= 11 is 0. The summed E-state index contributed by atoms with van der Waals surface area (Å²) in [5, 5.41) is 8.31. The molecule has 0 spiro atoms. The van der Waals surface area contributed by atoms with Crippen LogP contribution < -0.4 is 0 Å². The Bertz CT molecular complexity index is 791. The second-order valence-electron chi connectivity index (χ2n) is 8.07. The van der Waals surface area contributed by atoms with E-state index in [1.54, 1.807) is 12.1 Å². The molecule has 6 nitrogen and oxygen atoms in total. The van der Waals surface area contributed by atoms with E-state index >= 15 is 0 Å². The topological polar surface area (TPSA) is 62.5 Å². The van der Waals surface area contributed by atoms with E-state index in [9.17, 15) is 9.18 Å². The van der Waals surface area contributed by atoms with E-state index < -0.39 is 0 Å². The normalized spacial score (nSPS) is 19.9. The lowest BCUT2D eigenvalue weighted by Gasteiger charge is -2.34. The number of likely N-dealkylation sites (tertiary alicyclic amines) is 2. The fraction of sp³-hybridized carbons (Fsp3) is 0.571. The number of piperidine rings is 2. The minimum Gasteiger partial charge on any atom is -0.420 e. The van der Waals surface area contributed by atoms with Gasteiger partial charge in [0.2, 0.25) is 17.7 Å². The molecule has 3 heterocycles. The van der Waals surface area contributed by atoms with E-state index in [0.29, 0.717) is 18.3 Å². The molecule has 1 amide bonds. The monoisotopic (exact) mass is 386 g/mol. The van der Waals surface area contributed by atoms with Crippen LogP contribution in [0, 0.1) is 11.7 Å². The molecule has 0 unspecified atom stereocenters. The van der Waals surface area contributed by atoms with Crippen molar-refractivity contribution < 1.29 is 13.6 Å². The van der Waals surface area contributed by atoms with Crippen molar-refractivity contribution >= 4 is 5.91 Å². The summed E-state index contributed by atoms with van der Waals surface area (Å²) in [4.78, 5) is 16.8. The molecule has 2 aliphatic rings. The third-order valence-corrected chi connectivity index (χ3v) is 5.96. The Morgan fingerprint density at radius 1 is 1.07 bits per heavy atom. The van der Waals surface area contributed by atoms with Gasteiger partial charge in [0.25, 0.3) is 0 Å². The number of amides is 1. The highest BCUT2D eigenvalue weighted by molar-refractivity contribution is 5.78. The molecular weight excluding hydrogens is 359 g/mol. The molecule has 7 heteroatoms. The molecule has 2 fully saturated rings. The van der Waals surface area contributed by atoms with Crippen LogP contribution in [0.3, 0.4) is 0 Å². The highest BCUT2D eigenvalue weighted by Gasteiger charge is 2.28. The lowest BCUT2D eigenvalue weighted by Crippen LogP contribution is -2.45. The van der Waals surface area contributed by atoms with Crippen LogP contribution in [0.25, 0.3) is 11.5 Å². The van der Waals surface area contributed by atoms with Gasteiger partial charge in [-0.2, -0.15) is 0 Å². The molecule has 2 aliphatic heterocycles. The Balaban J connectivity index is 1.28. The van der Waals surface area contributed by atoms with Crippen LogP contribution in [0.4, 0.5) is 4.39 Å². The molecule has 0 aliphatic carbocycles. The quantitative estimate of drug-likeness (QED) is 0.807. The number of hydrogen-bond donors (Lipinski definition) is 0. The number of rotatable bonds is 4. The molecule has 2 aromatic rings. The lowest BCUT2D eigenvalue weighted by molar-refractivity contribution is -0.134. The van der Waals surface area contributed by atoms with Crippen molar-refractivity contribution in [3.05, 3.63) is 36.0 Å². The summed E-state index contributed by atoms with van der Waals surface area (Å²) in [5.74, 6) is 1.96. The number of hydrogen-bond acceptors (Lipinski definition) is 5. The van der Waals surface area contributed by atoms with Gasteiger partial charge in [-0.05, 0) is 69.0 Å². The molecule has 1 aromatic heterocycles. The molecule has 0 saturated carbocycles. The smallest absolute Gasteiger partial charge is 0.247 e. The van der Waals surface area contributed by atoms with Crippen LogP contribution in [0.15, 0.2) is 28.7 Å². The van der Waals surface area contributed by atoms with Gasteiger partial charge in [-0.15, -0.1) is 10.2 Å². The zero-order chi connectivity index (χ0) is 19.5. The molecule has 1 aromatic carbocycles. The van der Waals surface area contributed by atoms with Crippen molar-refractivity contribution in [2.24, 2.45) is 5.92 Å². The molecule has 0 radical (unpaired) electrons. The lowest BCUT2D eigenvalue weighted by atomic mass is 9.96. The van der Waals surface area contributed by atoms with Gasteiger partial charge >= 0.3 is 0 Å². The van der Waals surface area contributed by atoms with Gasteiger partial charge in [0, 0.05) is 24.6 Å². The van der Waals surface area contributed by atoms with Crippen molar-refractivity contribution in [3.63, 3.8) is 0 Å². The van der Waals surface area contributed by atoms with Gasteiger partial charge in [-0.25, -0.2) is 4.39 Å². The van der Waals surface area contributed by atoms with Gasteiger partial charge in [0.15, 0.2) is 0 Å². The number of aromatic nitrogens is 2. The molecule has 150 valence electrons. The standard InChI is InChI=1S/C21H27FN4O2/c1-15-6-12-26(13-7-15)19(27)14-25-10-8-17(9-11-25)21-24-23-20(28-21)16-2-4-18(22)5-3-16/h2-5,15,17H,6-14H2,1H3. The minimum absolute atomic E-state index is 0.212. The first kappa shape index (κ1) is 19.1. The maximum atomic E-state index is 13.1. The highest BCUT2D eigenvalue weighted by atomic mass is 19.1. The van der Waals surface area contributed by atoms with Crippen molar-refractivity contribution in [2.75, 3.05) is 32.7 Å². The van der Waals surface area contributed by atoms with E-state index in [2.05, 4.69) is 22.0 Å². The average molecular weight is 386 g/mol. The van der Waals surface area contributed by atoms with Crippen molar-refractivity contribution in [3.8, 4) is 11.5 Å². The maximum absolute atomic E-state index is 13.1. The fourth-order valence-corrected chi connectivity index (χ4v) is 4.00. The summed E-state index contributed by atoms with van der Waals surface area (Å²) in [7, 11) is 0. The molecule has 2 saturated heterocycles. The van der Waals surface area contributed by atoms with Crippen LogP contribution in [0.2, 0.25) is 0 Å². The summed E-state index contributed by atoms with van der Waals surface area (Å²) < 4.78 is 18.9. The van der Waals surface area contributed by atoms with Crippen molar-refractivity contribution in [1.82, 2.24) is 20.0 Å². The number of carbonyl (C=O) groups excluding carboxylic acids is 1. The average Bonchev–Trinajstić information content (AvgIpc) is 3.20. The molecule has 0 N–H and O–H groups in total. The summed E-state index contributed by atoms with van der Waals surface area (Å²) in [6, 6.07) is 6.06. The third-order valence-electron chi connectivity index (χ3n) is 5.96. The Labute approximate surface area is 164 Å². The van der Waals surface area contributed by atoms with Gasteiger partial charge in [-0.3, -0.25) is 9.69 Å². The van der Waals surface area contributed by atoms with Gasteiger partial charge in [-0.1, -0.05) is 6.92 Å². The van der Waals surface area contributed by atoms with Crippen LogP contribution in [0.1, 0.15) is 44.4 Å². The number of nitrogens with zero attached hydrogens (tertiary/aromatic N) is 4.